The Kier molecular flexibility index (Phi) is 6.80. The van der Waals surface area contributed by atoms with E-state index in [4.69, 9.17) is 14.2 Å². The summed E-state index contributed by atoms with van der Waals surface area (Å²) < 4.78 is 17.2. The highest BCUT2D eigenvalue weighted by Gasteiger charge is 2.22. The molecule has 0 fully saturated rings. The molecule has 0 saturated heterocycles. The van der Waals surface area contributed by atoms with Crippen molar-refractivity contribution >= 4 is 5.78 Å². The first-order chi connectivity index (χ1) is 15.2. The molecule has 0 aliphatic carbocycles. The van der Waals surface area contributed by atoms with Crippen molar-refractivity contribution in [3.8, 4) is 11.5 Å². The number of ketones is 1. The van der Waals surface area contributed by atoms with Crippen LogP contribution in [0.25, 0.3) is 0 Å². The second kappa shape index (κ2) is 10.1. The zero-order valence-corrected chi connectivity index (χ0v) is 17.6. The smallest absolute Gasteiger partial charge is 0.165 e. The Morgan fingerprint density at radius 3 is 2.35 bits per heavy atom. The molecule has 0 radical (unpaired) electrons. The molecule has 1 aliphatic heterocycles. The van der Waals surface area contributed by atoms with E-state index >= 15 is 0 Å². The molecule has 4 nitrogen and oxygen atoms in total. The number of hydrogen-bond donors (Lipinski definition) is 0. The molecule has 0 N–H and O–H groups in total. The Balaban J connectivity index is 1.32. The van der Waals surface area contributed by atoms with Gasteiger partial charge in [-0.2, -0.15) is 0 Å². The minimum atomic E-state index is -0.234. The van der Waals surface area contributed by atoms with Gasteiger partial charge in [0.05, 0.1) is 19.3 Å². The summed E-state index contributed by atoms with van der Waals surface area (Å²) >= 11 is 0. The first-order valence-electron chi connectivity index (χ1n) is 10.5. The summed E-state index contributed by atoms with van der Waals surface area (Å²) in [5.41, 5.74) is 2.86. The lowest BCUT2D eigenvalue weighted by atomic mass is 9.99. The summed E-state index contributed by atoms with van der Waals surface area (Å²) in [6.45, 7) is 0.502. The molecule has 0 bridgehead atoms. The minimum Gasteiger partial charge on any atom is -0.497 e. The summed E-state index contributed by atoms with van der Waals surface area (Å²) in [5, 5.41) is 0. The molecule has 3 aromatic rings. The molecule has 1 heterocycles. The molecule has 0 aromatic heterocycles. The second-order valence-electron chi connectivity index (χ2n) is 7.53. The van der Waals surface area contributed by atoms with Gasteiger partial charge in [0.25, 0.3) is 0 Å². The Bertz CT molecular complexity index is 1010. The highest BCUT2D eigenvalue weighted by molar-refractivity contribution is 5.96. The van der Waals surface area contributed by atoms with E-state index in [0.717, 1.165) is 29.0 Å². The molecule has 0 spiro atoms. The summed E-state index contributed by atoms with van der Waals surface area (Å²) in [7, 11) is 1.65. The zero-order valence-electron chi connectivity index (χ0n) is 17.6. The Hall–Kier alpha value is -3.37. The lowest BCUT2D eigenvalue weighted by molar-refractivity contribution is 0.00295. The van der Waals surface area contributed by atoms with Crippen LogP contribution in [0.4, 0.5) is 0 Å². The van der Waals surface area contributed by atoms with Crippen molar-refractivity contribution in [3.63, 3.8) is 0 Å². The summed E-state index contributed by atoms with van der Waals surface area (Å²) in [5.74, 6) is 1.62. The lowest BCUT2D eigenvalue weighted by Gasteiger charge is -2.26. The van der Waals surface area contributed by atoms with Gasteiger partial charge in [0.2, 0.25) is 0 Å². The molecule has 1 aliphatic rings. The number of methoxy groups -OCH3 is 1. The predicted octanol–water partition coefficient (Wildman–Crippen LogP) is 5.93. The van der Waals surface area contributed by atoms with Crippen molar-refractivity contribution in [1.29, 1.82) is 0 Å². The van der Waals surface area contributed by atoms with Gasteiger partial charge in [-0.25, -0.2) is 0 Å². The maximum atomic E-state index is 12.8. The third kappa shape index (κ3) is 5.62. The number of rotatable bonds is 8. The van der Waals surface area contributed by atoms with Crippen LogP contribution in [0.5, 0.6) is 11.5 Å². The van der Waals surface area contributed by atoms with E-state index in [1.165, 1.54) is 0 Å². The molecule has 0 saturated carbocycles. The van der Waals surface area contributed by atoms with Crippen molar-refractivity contribution in [2.75, 3.05) is 7.11 Å². The predicted molar refractivity (Wildman–Crippen MR) is 121 cm³/mol. The van der Waals surface area contributed by atoms with E-state index in [9.17, 15) is 4.79 Å². The fourth-order valence-electron chi connectivity index (χ4n) is 3.59. The van der Waals surface area contributed by atoms with E-state index in [1.54, 1.807) is 7.11 Å². The van der Waals surface area contributed by atoms with Crippen LogP contribution in [0.3, 0.4) is 0 Å². The number of ether oxygens (including phenoxy) is 3. The molecule has 3 aromatic carbocycles. The van der Waals surface area contributed by atoms with E-state index in [2.05, 4.69) is 6.08 Å². The van der Waals surface area contributed by atoms with Crippen LogP contribution in [0.2, 0.25) is 0 Å². The van der Waals surface area contributed by atoms with Gasteiger partial charge in [-0.3, -0.25) is 4.79 Å². The Morgan fingerprint density at radius 2 is 1.65 bits per heavy atom. The van der Waals surface area contributed by atoms with E-state index < -0.39 is 0 Å². The number of hydrogen-bond acceptors (Lipinski definition) is 4. The molecule has 158 valence electrons. The van der Waals surface area contributed by atoms with Crippen LogP contribution in [0.1, 0.15) is 40.4 Å². The lowest BCUT2D eigenvalue weighted by Crippen LogP contribution is -2.21. The van der Waals surface area contributed by atoms with Gasteiger partial charge in [0.1, 0.15) is 18.1 Å². The zero-order chi connectivity index (χ0) is 21.5. The standard InChI is InChI=1S/C27H26O4/c1-29-23-14-12-22(13-15-23)27-9-5-8-25(31-27)18-26(28)21-10-16-24(17-11-21)30-19-20-6-3-2-4-7-20/h2-8,10-17,25,27H,9,18-19H2,1H3/t25-,27+/m1/s1. The first kappa shape index (κ1) is 20.9. The highest BCUT2D eigenvalue weighted by atomic mass is 16.5. The van der Waals surface area contributed by atoms with Gasteiger partial charge in [-0.1, -0.05) is 54.6 Å². The van der Waals surface area contributed by atoms with E-state index in [1.807, 2.05) is 84.9 Å². The monoisotopic (exact) mass is 414 g/mol. The van der Waals surface area contributed by atoms with Gasteiger partial charge in [0.15, 0.2) is 5.78 Å². The first-order valence-corrected chi connectivity index (χ1v) is 10.5. The quantitative estimate of drug-likeness (QED) is 0.338. The molecule has 4 rings (SSSR count). The van der Waals surface area contributed by atoms with Gasteiger partial charge >= 0.3 is 0 Å². The highest BCUT2D eigenvalue weighted by Crippen LogP contribution is 2.30. The normalized spacial score (nSPS) is 17.8. The van der Waals surface area contributed by atoms with Crippen LogP contribution >= 0.6 is 0 Å². The largest absolute Gasteiger partial charge is 0.497 e. The number of carbonyl (C=O) groups is 1. The van der Waals surface area contributed by atoms with Crippen LogP contribution in [-0.4, -0.2) is 19.0 Å². The minimum absolute atomic E-state index is 0.0533. The number of Topliss-reactive ketones (excluding diaryl/α,β-unsaturated/α-hetero) is 1. The van der Waals surface area contributed by atoms with Crippen LogP contribution in [0.15, 0.2) is 91.0 Å². The molecule has 0 amide bonds. The van der Waals surface area contributed by atoms with Crippen molar-refractivity contribution in [2.24, 2.45) is 0 Å². The molecule has 4 heteroatoms. The molecule has 31 heavy (non-hydrogen) atoms. The van der Waals surface area contributed by atoms with Crippen LogP contribution in [0, 0.1) is 0 Å². The Labute approximate surface area is 183 Å². The molecule has 2 atom stereocenters. The molecule has 0 unspecified atom stereocenters. The van der Waals surface area contributed by atoms with Crippen LogP contribution < -0.4 is 9.47 Å². The summed E-state index contributed by atoms with van der Waals surface area (Å²) in [4.78, 5) is 12.8. The van der Waals surface area contributed by atoms with Gasteiger partial charge in [-0.15, -0.1) is 0 Å². The van der Waals surface area contributed by atoms with Gasteiger partial charge in [0, 0.05) is 12.0 Å². The maximum absolute atomic E-state index is 12.8. The van der Waals surface area contributed by atoms with E-state index in [0.29, 0.717) is 18.6 Å². The van der Waals surface area contributed by atoms with Crippen molar-refractivity contribution in [3.05, 3.63) is 108 Å². The number of benzene rings is 3. The van der Waals surface area contributed by atoms with Crippen molar-refractivity contribution in [1.82, 2.24) is 0 Å². The summed E-state index contributed by atoms with van der Waals surface area (Å²) in [6.07, 6.45) is 4.90. The maximum Gasteiger partial charge on any atom is 0.165 e. The molecular weight excluding hydrogens is 388 g/mol. The SMILES string of the molecule is COc1ccc([C@@H]2CC=C[C@H](CC(=O)c3ccc(OCc4ccccc4)cc3)O2)cc1. The summed E-state index contributed by atoms with van der Waals surface area (Å²) in [6, 6.07) is 25.2. The molecular formula is C27H26O4. The third-order valence-corrected chi connectivity index (χ3v) is 5.34. The van der Waals surface area contributed by atoms with Gasteiger partial charge in [-0.05, 0) is 53.9 Å². The van der Waals surface area contributed by atoms with Gasteiger partial charge < -0.3 is 14.2 Å². The number of carbonyl (C=O) groups excluding carboxylic acids is 1. The third-order valence-electron chi connectivity index (χ3n) is 5.34. The fourth-order valence-corrected chi connectivity index (χ4v) is 3.59. The Morgan fingerprint density at radius 1 is 0.935 bits per heavy atom. The topological polar surface area (TPSA) is 44.8 Å². The average Bonchev–Trinajstić information content (AvgIpc) is 2.84. The van der Waals surface area contributed by atoms with Crippen LogP contribution in [-0.2, 0) is 11.3 Å². The van der Waals surface area contributed by atoms with Crippen molar-refractivity contribution in [2.45, 2.75) is 31.7 Å². The van der Waals surface area contributed by atoms with Crippen molar-refractivity contribution < 1.29 is 19.0 Å². The average molecular weight is 415 g/mol. The fraction of sp³-hybridized carbons (Fsp3) is 0.222. The van der Waals surface area contributed by atoms with E-state index in [-0.39, 0.29) is 18.0 Å². The second-order valence-corrected chi connectivity index (χ2v) is 7.53.